The zero-order valence-corrected chi connectivity index (χ0v) is 10.3. The molecule has 0 saturated heterocycles. The molecule has 1 N–H and O–H groups in total. The number of pyridine rings is 1. The lowest BCUT2D eigenvalue weighted by Gasteiger charge is -2.06. The third-order valence-electron chi connectivity index (χ3n) is 2.22. The van der Waals surface area contributed by atoms with Crippen molar-refractivity contribution in [1.82, 2.24) is 4.98 Å². The van der Waals surface area contributed by atoms with E-state index in [4.69, 9.17) is 4.74 Å². The van der Waals surface area contributed by atoms with Crippen LogP contribution in [0.4, 0.5) is 11.5 Å². The third kappa shape index (κ3) is 4.00. The van der Waals surface area contributed by atoms with Gasteiger partial charge in [0.25, 0.3) is 5.69 Å². The van der Waals surface area contributed by atoms with Crippen LogP contribution >= 0.6 is 0 Å². The minimum atomic E-state index is -0.481. The largest absolute Gasteiger partial charge is 0.466 e. The van der Waals surface area contributed by atoms with Gasteiger partial charge in [-0.1, -0.05) is 0 Å². The lowest BCUT2D eigenvalue weighted by molar-refractivity contribution is -0.385. The second kappa shape index (κ2) is 6.53. The first kappa shape index (κ1) is 13.9. The number of carbonyl (C=O) groups is 1. The van der Waals surface area contributed by atoms with Gasteiger partial charge < -0.3 is 10.1 Å². The van der Waals surface area contributed by atoms with Crippen LogP contribution < -0.4 is 5.32 Å². The van der Waals surface area contributed by atoms with E-state index >= 15 is 0 Å². The van der Waals surface area contributed by atoms with Gasteiger partial charge in [0.2, 0.25) is 0 Å². The van der Waals surface area contributed by atoms with Gasteiger partial charge in [-0.15, -0.1) is 0 Å². The van der Waals surface area contributed by atoms with Crippen molar-refractivity contribution in [2.45, 2.75) is 20.3 Å². The summed E-state index contributed by atoms with van der Waals surface area (Å²) in [6.45, 7) is 4.11. The summed E-state index contributed by atoms with van der Waals surface area (Å²) in [7, 11) is 0. The summed E-state index contributed by atoms with van der Waals surface area (Å²) < 4.78 is 4.77. The molecule has 0 bridgehead atoms. The highest BCUT2D eigenvalue weighted by atomic mass is 16.6. The third-order valence-corrected chi connectivity index (χ3v) is 2.22. The molecule has 0 aromatic carbocycles. The van der Waals surface area contributed by atoms with Gasteiger partial charge in [-0.3, -0.25) is 14.9 Å². The first-order valence-electron chi connectivity index (χ1n) is 5.55. The fourth-order valence-corrected chi connectivity index (χ4v) is 1.36. The molecular weight excluding hydrogens is 238 g/mol. The number of nitro groups is 1. The molecule has 7 nitrogen and oxygen atoms in total. The Balaban J connectivity index is 2.51. The van der Waals surface area contributed by atoms with E-state index in [1.165, 1.54) is 6.20 Å². The molecule has 0 aliphatic carbocycles. The van der Waals surface area contributed by atoms with Crippen molar-refractivity contribution in [3.63, 3.8) is 0 Å². The van der Waals surface area contributed by atoms with Crippen LogP contribution in [-0.4, -0.2) is 29.0 Å². The predicted molar refractivity (Wildman–Crippen MR) is 65.4 cm³/mol. The molecule has 0 amide bonds. The summed E-state index contributed by atoms with van der Waals surface area (Å²) >= 11 is 0. The van der Waals surface area contributed by atoms with Crippen molar-refractivity contribution in [2.75, 3.05) is 18.5 Å². The monoisotopic (exact) mass is 253 g/mol. The van der Waals surface area contributed by atoms with Crippen LogP contribution in [0.2, 0.25) is 0 Å². The van der Waals surface area contributed by atoms with E-state index in [9.17, 15) is 14.9 Å². The standard InChI is InChI=1S/C11H15N3O4/c1-3-18-11(15)4-5-12-10-6-8(2)9(7-13-10)14(16)17/h6-7H,3-5H2,1-2H3,(H,12,13). The van der Waals surface area contributed by atoms with Gasteiger partial charge in [0.05, 0.1) is 18.0 Å². The number of aryl methyl sites for hydroxylation is 1. The summed E-state index contributed by atoms with van der Waals surface area (Å²) in [5, 5.41) is 13.5. The minimum absolute atomic E-state index is 0.0223. The number of hydrogen-bond acceptors (Lipinski definition) is 6. The second-order valence-corrected chi connectivity index (χ2v) is 3.59. The van der Waals surface area contributed by atoms with Crippen LogP contribution in [0.3, 0.4) is 0 Å². The van der Waals surface area contributed by atoms with Crippen LogP contribution in [0.1, 0.15) is 18.9 Å². The highest BCUT2D eigenvalue weighted by Crippen LogP contribution is 2.18. The molecule has 1 rings (SSSR count). The summed E-state index contributed by atoms with van der Waals surface area (Å²) in [6, 6.07) is 1.57. The molecule has 98 valence electrons. The smallest absolute Gasteiger partial charge is 0.307 e. The zero-order chi connectivity index (χ0) is 13.5. The lowest BCUT2D eigenvalue weighted by atomic mass is 10.2. The second-order valence-electron chi connectivity index (χ2n) is 3.59. The number of carbonyl (C=O) groups excluding carboxylic acids is 1. The number of ether oxygens (including phenoxy) is 1. The van der Waals surface area contributed by atoms with Gasteiger partial charge in [-0.2, -0.15) is 0 Å². The number of rotatable bonds is 6. The minimum Gasteiger partial charge on any atom is -0.466 e. The maximum Gasteiger partial charge on any atom is 0.307 e. The molecule has 0 aliphatic rings. The van der Waals surface area contributed by atoms with Crippen LogP contribution in [0.25, 0.3) is 0 Å². The molecule has 0 aliphatic heterocycles. The maximum absolute atomic E-state index is 11.1. The normalized spacial score (nSPS) is 9.89. The van der Waals surface area contributed by atoms with E-state index < -0.39 is 4.92 Å². The van der Waals surface area contributed by atoms with Crippen LogP contribution in [0.5, 0.6) is 0 Å². The number of esters is 1. The van der Waals surface area contributed by atoms with E-state index in [0.717, 1.165) is 0 Å². The molecule has 18 heavy (non-hydrogen) atoms. The number of anilines is 1. The Labute approximate surface area is 104 Å². The lowest BCUT2D eigenvalue weighted by Crippen LogP contribution is -2.12. The molecule has 1 aromatic rings. The Hall–Kier alpha value is -2.18. The summed E-state index contributed by atoms with van der Waals surface area (Å²) in [5.74, 6) is 0.214. The topological polar surface area (TPSA) is 94.4 Å². The van der Waals surface area contributed by atoms with Gasteiger partial charge in [0.1, 0.15) is 12.0 Å². The highest BCUT2D eigenvalue weighted by Gasteiger charge is 2.11. The molecule has 1 heterocycles. The zero-order valence-electron chi connectivity index (χ0n) is 10.3. The fourth-order valence-electron chi connectivity index (χ4n) is 1.36. The van der Waals surface area contributed by atoms with Gasteiger partial charge in [-0.05, 0) is 19.9 Å². The van der Waals surface area contributed by atoms with Gasteiger partial charge in [-0.25, -0.2) is 4.98 Å². The van der Waals surface area contributed by atoms with E-state index in [-0.39, 0.29) is 18.1 Å². The number of aromatic nitrogens is 1. The summed E-state index contributed by atoms with van der Waals surface area (Å²) in [5.41, 5.74) is 0.500. The van der Waals surface area contributed by atoms with Crippen molar-refractivity contribution < 1.29 is 14.5 Å². The molecule has 7 heteroatoms. The van der Waals surface area contributed by atoms with Crippen LogP contribution in [0, 0.1) is 17.0 Å². The first-order valence-corrected chi connectivity index (χ1v) is 5.55. The van der Waals surface area contributed by atoms with Gasteiger partial charge in [0.15, 0.2) is 0 Å². The first-order chi connectivity index (χ1) is 8.54. The van der Waals surface area contributed by atoms with Crippen molar-refractivity contribution in [3.8, 4) is 0 Å². The predicted octanol–water partition coefficient (Wildman–Crippen LogP) is 1.66. The molecule has 1 aromatic heterocycles. The van der Waals surface area contributed by atoms with E-state index in [0.29, 0.717) is 24.5 Å². The van der Waals surface area contributed by atoms with Crippen molar-refractivity contribution in [3.05, 3.63) is 27.9 Å². The highest BCUT2D eigenvalue weighted by molar-refractivity contribution is 5.70. The number of nitrogens with zero attached hydrogens (tertiary/aromatic N) is 2. The van der Waals surface area contributed by atoms with Gasteiger partial charge in [0, 0.05) is 12.1 Å². The Kier molecular flexibility index (Phi) is 5.04. The molecule has 0 unspecified atom stereocenters. The molecule has 0 atom stereocenters. The van der Waals surface area contributed by atoms with Crippen molar-refractivity contribution in [1.29, 1.82) is 0 Å². The average molecular weight is 253 g/mol. The van der Waals surface area contributed by atoms with Crippen molar-refractivity contribution >= 4 is 17.5 Å². The van der Waals surface area contributed by atoms with Crippen LogP contribution in [0.15, 0.2) is 12.3 Å². The van der Waals surface area contributed by atoms with E-state index in [1.54, 1.807) is 19.9 Å². The van der Waals surface area contributed by atoms with E-state index in [1.807, 2.05) is 0 Å². The molecule has 0 fully saturated rings. The Morgan fingerprint density at radius 1 is 1.61 bits per heavy atom. The van der Waals surface area contributed by atoms with Crippen molar-refractivity contribution in [2.24, 2.45) is 0 Å². The molecule has 0 saturated carbocycles. The fraction of sp³-hybridized carbons (Fsp3) is 0.455. The average Bonchev–Trinajstić information content (AvgIpc) is 2.29. The van der Waals surface area contributed by atoms with Gasteiger partial charge >= 0.3 is 5.97 Å². The quantitative estimate of drug-likeness (QED) is 0.470. The SMILES string of the molecule is CCOC(=O)CCNc1cc(C)c([N+](=O)[O-])cn1. The van der Waals surface area contributed by atoms with E-state index in [2.05, 4.69) is 10.3 Å². The Morgan fingerprint density at radius 3 is 2.89 bits per heavy atom. The molecule has 0 radical (unpaired) electrons. The Bertz CT molecular complexity index is 448. The summed E-state index contributed by atoms with van der Waals surface area (Å²) in [6.07, 6.45) is 1.42. The van der Waals surface area contributed by atoms with Crippen LogP contribution in [-0.2, 0) is 9.53 Å². The summed E-state index contributed by atoms with van der Waals surface area (Å²) in [4.78, 5) is 25.1. The molecule has 0 spiro atoms. The Morgan fingerprint density at radius 2 is 2.33 bits per heavy atom. The number of hydrogen-bond donors (Lipinski definition) is 1. The molecular formula is C11H15N3O4. The maximum atomic E-state index is 11.1. The number of nitrogens with one attached hydrogen (secondary N) is 1.